The van der Waals surface area contributed by atoms with Gasteiger partial charge in [0.2, 0.25) is 0 Å². The van der Waals surface area contributed by atoms with Gasteiger partial charge in [0.15, 0.2) is 5.57 Å². The van der Waals surface area contributed by atoms with E-state index >= 15 is 0 Å². The number of nitrogens with one attached hydrogen (secondary N) is 2. The zero-order valence-electron chi connectivity index (χ0n) is 13.7. The van der Waals surface area contributed by atoms with Crippen molar-refractivity contribution in [1.29, 1.82) is 5.26 Å². The number of ether oxygens (including phenoxy) is 1. The highest BCUT2D eigenvalue weighted by Crippen LogP contribution is 2.15. The Hall–Kier alpha value is -3.59. The van der Waals surface area contributed by atoms with E-state index in [0.717, 1.165) is 0 Å². The number of carbonyl (C=O) groups excluding carboxylic acids is 2. The summed E-state index contributed by atoms with van der Waals surface area (Å²) in [5.41, 5.74) is 1.74. The van der Waals surface area contributed by atoms with E-state index in [4.69, 9.17) is 10.00 Å². The molecule has 0 saturated carbocycles. The Morgan fingerprint density at radius 1 is 1.08 bits per heavy atom. The van der Waals surface area contributed by atoms with Crippen molar-refractivity contribution >= 4 is 23.3 Å². The molecule has 2 N–H and O–H groups in total. The standard InChI is InChI=1S/C19H17N3O3/c1-2-25-19(24)15(12-20)13-21-16-8-10-17(11-9-16)22-18(23)14-6-4-3-5-7-14/h3-11,13,21H,2H2,1H3,(H,22,23)/b15-13+. The van der Waals surface area contributed by atoms with E-state index in [1.165, 1.54) is 6.20 Å². The van der Waals surface area contributed by atoms with Gasteiger partial charge in [0.25, 0.3) is 5.91 Å². The maximum absolute atomic E-state index is 12.1. The quantitative estimate of drug-likeness (QED) is 0.480. The Balaban J connectivity index is 1.99. The van der Waals surface area contributed by atoms with Crippen molar-refractivity contribution in [3.05, 3.63) is 71.9 Å². The second kappa shape index (κ2) is 8.89. The first-order chi connectivity index (χ1) is 12.1. The number of nitriles is 1. The fraction of sp³-hybridized carbons (Fsp3) is 0.105. The van der Waals surface area contributed by atoms with Crippen LogP contribution in [0.25, 0.3) is 0 Å². The van der Waals surface area contributed by atoms with Crippen molar-refractivity contribution in [3.63, 3.8) is 0 Å². The third kappa shape index (κ3) is 5.22. The van der Waals surface area contributed by atoms with Crippen molar-refractivity contribution in [3.8, 4) is 6.07 Å². The molecule has 0 bridgehead atoms. The Morgan fingerprint density at radius 2 is 1.72 bits per heavy atom. The molecule has 0 fully saturated rings. The molecule has 25 heavy (non-hydrogen) atoms. The first-order valence-corrected chi connectivity index (χ1v) is 7.64. The Bertz CT molecular complexity index is 806. The van der Waals surface area contributed by atoms with E-state index in [2.05, 4.69) is 10.6 Å². The molecule has 2 aromatic rings. The van der Waals surface area contributed by atoms with Gasteiger partial charge in [-0.3, -0.25) is 4.79 Å². The molecule has 0 spiro atoms. The summed E-state index contributed by atoms with van der Waals surface area (Å²) >= 11 is 0. The van der Waals surface area contributed by atoms with Gasteiger partial charge < -0.3 is 15.4 Å². The van der Waals surface area contributed by atoms with E-state index in [-0.39, 0.29) is 18.1 Å². The molecule has 0 aliphatic rings. The molecule has 0 atom stereocenters. The van der Waals surface area contributed by atoms with Gasteiger partial charge in [-0.25, -0.2) is 4.79 Å². The van der Waals surface area contributed by atoms with Gasteiger partial charge in [0.1, 0.15) is 6.07 Å². The summed E-state index contributed by atoms with van der Waals surface area (Å²) in [6.45, 7) is 1.87. The van der Waals surface area contributed by atoms with Crippen LogP contribution in [-0.4, -0.2) is 18.5 Å². The summed E-state index contributed by atoms with van der Waals surface area (Å²) in [5, 5.41) is 14.6. The number of anilines is 2. The van der Waals surface area contributed by atoms with Gasteiger partial charge >= 0.3 is 5.97 Å². The summed E-state index contributed by atoms with van der Waals surface area (Å²) < 4.78 is 4.77. The summed E-state index contributed by atoms with van der Waals surface area (Å²) in [7, 11) is 0. The van der Waals surface area contributed by atoms with Crippen LogP contribution in [0.4, 0.5) is 11.4 Å². The molecule has 2 aromatic carbocycles. The first kappa shape index (κ1) is 17.8. The normalized spacial score (nSPS) is 10.5. The Kier molecular flexibility index (Phi) is 6.32. The lowest BCUT2D eigenvalue weighted by Gasteiger charge is -2.07. The van der Waals surface area contributed by atoms with Crippen LogP contribution in [0.5, 0.6) is 0 Å². The molecule has 6 heteroatoms. The summed E-state index contributed by atoms with van der Waals surface area (Å²) in [6.07, 6.45) is 1.29. The molecule has 0 aliphatic carbocycles. The molecular formula is C19H17N3O3. The molecule has 1 amide bonds. The van der Waals surface area contributed by atoms with Crippen molar-refractivity contribution in [2.24, 2.45) is 0 Å². The van der Waals surface area contributed by atoms with Crippen LogP contribution in [0.15, 0.2) is 66.4 Å². The van der Waals surface area contributed by atoms with Gasteiger partial charge in [-0.1, -0.05) is 18.2 Å². The van der Waals surface area contributed by atoms with E-state index in [0.29, 0.717) is 16.9 Å². The molecule has 0 unspecified atom stereocenters. The predicted molar refractivity (Wildman–Crippen MR) is 94.8 cm³/mol. The van der Waals surface area contributed by atoms with E-state index in [1.54, 1.807) is 61.5 Å². The zero-order chi connectivity index (χ0) is 18.1. The molecule has 0 aliphatic heterocycles. The maximum Gasteiger partial charge on any atom is 0.350 e. The second-order valence-corrected chi connectivity index (χ2v) is 4.93. The number of rotatable bonds is 6. The topological polar surface area (TPSA) is 91.2 Å². The maximum atomic E-state index is 12.1. The first-order valence-electron chi connectivity index (χ1n) is 7.64. The smallest absolute Gasteiger partial charge is 0.350 e. The highest BCUT2D eigenvalue weighted by molar-refractivity contribution is 6.04. The number of carbonyl (C=O) groups is 2. The molecule has 6 nitrogen and oxygen atoms in total. The molecule has 0 aromatic heterocycles. The van der Waals surface area contributed by atoms with Crippen LogP contribution in [0.3, 0.4) is 0 Å². The largest absolute Gasteiger partial charge is 0.462 e. The minimum Gasteiger partial charge on any atom is -0.462 e. The van der Waals surface area contributed by atoms with Crippen LogP contribution in [0, 0.1) is 11.3 Å². The van der Waals surface area contributed by atoms with Gasteiger partial charge in [0.05, 0.1) is 6.61 Å². The molecular weight excluding hydrogens is 318 g/mol. The lowest BCUT2D eigenvalue weighted by molar-refractivity contribution is -0.138. The van der Waals surface area contributed by atoms with Crippen molar-refractivity contribution in [1.82, 2.24) is 0 Å². The monoisotopic (exact) mass is 335 g/mol. The zero-order valence-corrected chi connectivity index (χ0v) is 13.7. The van der Waals surface area contributed by atoms with Crippen LogP contribution in [0.1, 0.15) is 17.3 Å². The van der Waals surface area contributed by atoms with E-state index in [1.807, 2.05) is 6.07 Å². The SMILES string of the molecule is CCOC(=O)/C(C#N)=C/Nc1ccc(NC(=O)c2ccccc2)cc1. The van der Waals surface area contributed by atoms with Crippen molar-refractivity contribution < 1.29 is 14.3 Å². The fourth-order valence-corrected chi connectivity index (χ4v) is 1.94. The molecule has 0 heterocycles. The lowest BCUT2D eigenvalue weighted by Crippen LogP contribution is -2.11. The van der Waals surface area contributed by atoms with Crippen molar-refractivity contribution in [2.45, 2.75) is 6.92 Å². The average molecular weight is 335 g/mol. The Labute approximate surface area is 145 Å². The van der Waals surface area contributed by atoms with Crippen LogP contribution < -0.4 is 10.6 Å². The van der Waals surface area contributed by atoms with Crippen LogP contribution in [0.2, 0.25) is 0 Å². The third-order valence-electron chi connectivity index (χ3n) is 3.18. The number of amides is 1. The van der Waals surface area contributed by atoms with Gasteiger partial charge in [-0.05, 0) is 43.3 Å². The van der Waals surface area contributed by atoms with Gasteiger partial charge in [-0.2, -0.15) is 5.26 Å². The van der Waals surface area contributed by atoms with Crippen LogP contribution >= 0.6 is 0 Å². The number of benzene rings is 2. The van der Waals surface area contributed by atoms with E-state index < -0.39 is 5.97 Å². The highest BCUT2D eigenvalue weighted by atomic mass is 16.5. The summed E-state index contributed by atoms with van der Waals surface area (Å²) in [4.78, 5) is 23.6. The highest BCUT2D eigenvalue weighted by Gasteiger charge is 2.09. The molecule has 126 valence electrons. The average Bonchev–Trinajstić information content (AvgIpc) is 2.64. The van der Waals surface area contributed by atoms with Crippen molar-refractivity contribution in [2.75, 3.05) is 17.2 Å². The second-order valence-electron chi connectivity index (χ2n) is 4.93. The van der Waals surface area contributed by atoms with E-state index in [9.17, 15) is 9.59 Å². The molecule has 0 radical (unpaired) electrons. The fourth-order valence-electron chi connectivity index (χ4n) is 1.94. The number of nitrogens with zero attached hydrogens (tertiary/aromatic N) is 1. The predicted octanol–water partition coefficient (Wildman–Crippen LogP) is 3.32. The number of hydrogen-bond acceptors (Lipinski definition) is 5. The lowest BCUT2D eigenvalue weighted by atomic mass is 10.2. The van der Waals surface area contributed by atoms with Gasteiger partial charge in [-0.15, -0.1) is 0 Å². The minimum absolute atomic E-state index is 0.122. The van der Waals surface area contributed by atoms with Crippen LogP contribution in [-0.2, 0) is 9.53 Å². The molecule has 0 saturated heterocycles. The molecule has 2 rings (SSSR count). The number of hydrogen-bond donors (Lipinski definition) is 2. The Morgan fingerprint density at radius 3 is 2.32 bits per heavy atom. The third-order valence-corrected chi connectivity index (χ3v) is 3.18. The minimum atomic E-state index is -0.677. The summed E-state index contributed by atoms with van der Waals surface area (Å²) in [5.74, 6) is -0.875. The van der Waals surface area contributed by atoms with Gasteiger partial charge in [0, 0.05) is 23.1 Å². The summed E-state index contributed by atoms with van der Waals surface area (Å²) in [6, 6.07) is 17.5. The number of esters is 1.